The van der Waals surface area contributed by atoms with Gasteiger partial charge in [0.05, 0.1) is 0 Å². The van der Waals surface area contributed by atoms with E-state index in [1.807, 2.05) is 0 Å². The van der Waals surface area contributed by atoms with Crippen molar-refractivity contribution in [1.82, 2.24) is 9.80 Å². The van der Waals surface area contributed by atoms with Crippen LogP contribution in [0.4, 0.5) is 0 Å². The van der Waals surface area contributed by atoms with Crippen LogP contribution in [0.2, 0.25) is 0 Å². The molecule has 0 saturated carbocycles. The molecule has 2 rings (SSSR count). The van der Waals surface area contributed by atoms with Gasteiger partial charge in [-0.15, -0.1) is 0 Å². The second-order valence-electron chi connectivity index (χ2n) is 7.93. The van der Waals surface area contributed by atoms with Crippen LogP contribution in [0.15, 0.2) is 0 Å². The molecule has 0 aromatic carbocycles. The number of rotatable bonds is 4. The van der Waals surface area contributed by atoms with Gasteiger partial charge in [0.15, 0.2) is 0 Å². The van der Waals surface area contributed by atoms with Crippen LogP contribution in [-0.4, -0.2) is 49.1 Å². The number of hydrogen-bond acceptors (Lipinski definition) is 2. The maximum absolute atomic E-state index is 2.74. The Balaban J connectivity index is 1.83. The van der Waals surface area contributed by atoms with Gasteiger partial charge in [-0.1, -0.05) is 27.7 Å². The summed E-state index contributed by atoms with van der Waals surface area (Å²) >= 11 is 0. The third-order valence-electron chi connectivity index (χ3n) is 4.90. The van der Waals surface area contributed by atoms with E-state index in [1.54, 1.807) is 0 Å². The maximum Gasteiger partial charge on any atom is 0.00390 e. The second-order valence-corrected chi connectivity index (χ2v) is 7.93. The molecule has 2 aliphatic heterocycles. The van der Waals surface area contributed by atoms with Crippen molar-refractivity contribution in [3.63, 3.8) is 0 Å². The van der Waals surface area contributed by atoms with Crippen molar-refractivity contribution in [2.75, 3.05) is 39.3 Å². The van der Waals surface area contributed by atoms with E-state index >= 15 is 0 Å². The highest BCUT2D eigenvalue weighted by atomic mass is 15.2. The Morgan fingerprint density at radius 3 is 1.95 bits per heavy atom. The molecule has 0 amide bonds. The lowest BCUT2D eigenvalue weighted by atomic mass is 9.72. The Morgan fingerprint density at radius 2 is 1.37 bits per heavy atom. The second kappa shape index (κ2) is 6.58. The Hall–Kier alpha value is -0.0800. The van der Waals surface area contributed by atoms with Gasteiger partial charge in [0.2, 0.25) is 0 Å². The average Bonchev–Trinajstić information content (AvgIpc) is 2.31. The van der Waals surface area contributed by atoms with E-state index in [0.717, 1.165) is 11.8 Å². The summed E-state index contributed by atoms with van der Waals surface area (Å²) < 4.78 is 0. The molecule has 0 N–H and O–H groups in total. The average molecular weight is 266 g/mol. The summed E-state index contributed by atoms with van der Waals surface area (Å²) in [5.74, 6) is 1.63. The Labute approximate surface area is 120 Å². The Morgan fingerprint density at radius 1 is 0.789 bits per heavy atom. The van der Waals surface area contributed by atoms with Gasteiger partial charge >= 0.3 is 0 Å². The fourth-order valence-electron chi connectivity index (χ4n) is 4.12. The first-order chi connectivity index (χ1) is 8.99. The van der Waals surface area contributed by atoms with Gasteiger partial charge in [-0.05, 0) is 62.6 Å². The Bertz CT molecular complexity index is 264. The van der Waals surface area contributed by atoms with Gasteiger partial charge in [0, 0.05) is 19.6 Å². The maximum atomic E-state index is 2.74. The molecule has 2 heterocycles. The van der Waals surface area contributed by atoms with E-state index in [-0.39, 0.29) is 0 Å². The number of likely N-dealkylation sites (tertiary alicyclic amines) is 2. The van der Waals surface area contributed by atoms with Crippen LogP contribution in [0.3, 0.4) is 0 Å². The summed E-state index contributed by atoms with van der Waals surface area (Å²) in [6.07, 6.45) is 5.79. The van der Waals surface area contributed by atoms with Crippen LogP contribution in [-0.2, 0) is 0 Å². The standard InChI is InChI=1S/C17H34N2/c1-15(2)12-18-10-7-17(8-11-18)6-5-9-19(14-17)13-16(3)4/h15-16H,5-14H2,1-4H3. The van der Waals surface area contributed by atoms with E-state index < -0.39 is 0 Å². The highest BCUT2D eigenvalue weighted by Crippen LogP contribution is 2.40. The lowest BCUT2D eigenvalue weighted by Gasteiger charge is -2.48. The Kier molecular flexibility index (Phi) is 5.30. The monoisotopic (exact) mass is 266 g/mol. The molecule has 0 atom stereocenters. The van der Waals surface area contributed by atoms with E-state index in [2.05, 4.69) is 37.5 Å². The first-order valence-corrected chi connectivity index (χ1v) is 8.44. The highest BCUT2D eigenvalue weighted by molar-refractivity contribution is 4.91. The third kappa shape index (κ3) is 4.46. The first kappa shape index (κ1) is 15.3. The molecule has 2 heteroatoms. The number of piperidine rings is 2. The van der Waals surface area contributed by atoms with Gasteiger partial charge in [-0.3, -0.25) is 0 Å². The van der Waals surface area contributed by atoms with Crippen LogP contribution >= 0.6 is 0 Å². The number of hydrogen-bond donors (Lipinski definition) is 0. The minimum absolute atomic E-state index is 0.667. The summed E-state index contributed by atoms with van der Waals surface area (Å²) in [5, 5.41) is 0. The van der Waals surface area contributed by atoms with Crippen molar-refractivity contribution >= 4 is 0 Å². The summed E-state index contributed by atoms with van der Waals surface area (Å²) in [6, 6.07) is 0. The van der Waals surface area contributed by atoms with Crippen molar-refractivity contribution in [2.24, 2.45) is 17.3 Å². The molecule has 19 heavy (non-hydrogen) atoms. The molecule has 0 aromatic rings. The molecule has 0 aromatic heterocycles. The van der Waals surface area contributed by atoms with E-state index in [0.29, 0.717) is 5.41 Å². The van der Waals surface area contributed by atoms with Gasteiger partial charge in [0.25, 0.3) is 0 Å². The molecule has 2 nitrogen and oxygen atoms in total. The van der Waals surface area contributed by atoms with Gasteiger partial charge in [-0.2, -0.15) is 0 Å². The quantitative estimate of drug-likeness (QED) is 0.769. The minimum atomic E-state index is 0.667. The zero-order valence-electron chi connectivity index (χ0n) is 13.6. The fourth-order valence-corrected chi connectivity index (χ4v) is 4.12. The van der Waals surface area contributed by atoms with E-state index in [9.17, 15) is 0 Å². The predicted molar refractivity (Wildman–Crippen MR) is 83.5 cm³/mol. The lowest BCUT2D eigenvalue weighted by molar-refractivity contribution is 0.0170. The van der Waals surface area contributed by atoms with Gasteiger partial charge in [-0.25, -0.2) is 0 Å². The topological polar surface area (TPSA) is 6.48 Å². The zero-order valence-corrected chi connectivity index (χ0v) is 13.6. The molecule has 2 aliphatic rings. The largest absolute Gasteiger partial charge is 0.303 e. The van der Waals surface area contributed by atoms with Crippen LogP contribution in [0, 0.1) is 17.3 Å². The highest BCUT2D eigenvalue weighted by Gasteiger charge is 2.38. The molecule has 0 aliphatic carbocycles. The minimum Gasteiger partial charge on any atom is -0.303 e. The van der Waals surface area contributed by atoms with Crippen molar-refractivity contribution in [3.8, 4) is 0 Å². The summed E-state index contributed by atoms with van der Waals surface area (Å²) in [6.45, 7) is 17.4. The van der Waals surface area contributed by atoms with Crippen LogP contribution in [0.5, 0.6) is 0 Å². The SMILES string of the molecule is CC(C)CN1CCC2(CCCN(CC(C)C)C2)CC1. The molecule has 2 fully saturated rings. The molecular formula is C17H34N2. The molecule has 0 unspecified atom stereocenters. The fraction of sp³-hybridized carbons (Fsp3) is 1.00. The van der Waals surface area contributed by atoms with Crippen molar-refractivity contribution in [3.05, 3.63) is 0 Å². The normalized spacial score (nSPS) is 25.6. The molecular weight excluding hydrogens is 232 g/mol. The lowest BCUT2D eigenvalue weighted by Crippen LogP contribution is -2.50. The van der Waals surface area contributed by atoms with Crippen molar-refractivity contribution in [2.45, 2.75) is 53.4 Å². The smallest absolute Gasteiger partial charge is 0.00390 e. The first-order valence-electron chi connectivity index (χ1n) is 8.44. The van der Waals surface area contributed by atoms with Crippen molar-refractivity contribution < 1.29 is 0 Å². The van der Waals surface area contributed by atoms with Crippen LogP contribution < -0.4 is 0 Å². The summed E-state index contributed by atoms with van der Waals surface area (Å²) in [7, 11) is 0. The third-order valence-corrected chi connectivity index (χ3v) is 4.90. The molecule has 1 spiro atoms. The molecule has 0 radical (unpaired) electrons. The van der Waals surface area contributed by atoms with Crippen molar-refractivity contribution in [1.29, 1.82) is 0 Å². The molecule has 112 valence electrons. The molecule has 2 saturated heterocycles. The van der Waals surface area contributed by atoms with Gasteiger partial charge in [0.1, 0.15) is 0 Å². The predicted octanol–water partition coefficient (Wildman–Crippen LogP) is 3.48. The van der Waals surface area contributed by atoms with E-state index in [4.69, 9.17) is 0 Å². The van der Waals surface area contributed by atoms with Gasteiger partial charge < -0.3 is 9.80 Å². The summed E-state index contributed by atoms with van der Waals surface area (Å²) in [5.41, 5.74) is 0.667. The van der Waals surface area contributed by atoms with Crippen LogP contribution in [0.1, 0.15) is 53.4 Å². The number of nitrogens with zero attached hydrogens (tertiary/aromatic N) is 2. The summed E-state index contributed by atoms with van der Waals surface area (Å²) in [4.78, 5) is 5.43. The van der Waals surface area contributed by atoms with E-state index in [1.165, 1.54) is 65.0 Å². The molecule has 0 bridgehead atoms. The zero-order chi connectivity index (χ0) is 13.9. The van der Waals surface area contributed by atoms with Crippen LogP contribution in [0.25, 0.3) is 0 Å².